The largest absolute Gasteiger partial charge is 0.496 e. The van der Waals surface area contributed by atoms with Crippen molar-refractivity contribution in [2.75, 3.05) is 20.7 Å². The Morgan fingerprint density at radius 1 is 1.15 bits per heavy atom. The number of aromatic nitrogens is 1. The van der Waals surface area contributed by atoms with E-state index in [0.29, 0.717) is 6.54 Å². The number of guanidine groups is 1. The van der Waals surface area contributed by atoms with E-state index in [0.717, 1.165) is 46.7 Å². The lowest BCUT2D eigenvalue weighted by Crippen LogP contribution is -2.37. The third-order valence-corrected chi connectivity index (χ3v) is 4.28. The van der Waals surface area contributed by atoms with Gasteiger partial charge in [0.25, 0.3) is 0 Å². The summed E-state index contributed by atoms with van der Waals surface area (Å²) in [5.41, 5.74) is 3.03. The van der Waals surface area contributed by atoms with Gasteiger partial charge in [0.05, 0.1) is 7.11 Å². The number of aromatic amines is 1. The van der Waals surface area contributed by atoms with Gasteiger partial charge in [-0.2, -0.15) is 0 Å². The molecule has 0 spiro atoms. The Hall–Kier alpha value is -2.29. The third-order valence-electron chi connectivity index (χ3n) is 4.28. The lowest BCUT2D eigenvalue weighted by molar-refractivity contribution is 0.409. The average molecular weight is 482 g/mol. The van der Waals surface area contributed by atoms with Crippen LogP contribution < -0.4 is 15.4 Å². The second kappa shape index (κ2) is 10.1. The zero-order chi connectivity index (χ0) is 18.4. The number of para-hydroxylation sites is 1. The maximum absolute atomic E-state index is 13.3. The van der Waals surface area contributed by atoms with Crippen LogP contribution in [0.5, 0.6) is 5.75 Å². The summed E-state index contributed by atoms with van der Waals surface area (Å²) >= 11 is 0. The number of fused-ring (bicyclic) bond motifs is 1. The highest BCUT2D eigenvalue weighted by Gasteiger charge is 2.06. The second-order valence-corrected chi connectivity index (χ2v) is 5.92. The monoisotopic (exact) mass is 482 g/mol. The van der Waals surface area contributed by atoms with Gasteiger partial charge in [-0.3, -0.25) is 4.99 Å². The van der Waals surface area contributed by atoms with Gasteiger partial charge in [0, 0.05) is 42.8 Å². The number of hydrogen-bond acceptors (Lipinski definition) is 2. The van der Waals surface area contributed by atoms with Gasteiger partial charge in [0.1, 0.15) is 11.6 Å². The third kappa shape index (κ3) is 5.35. The van der Waals surface area contributed by atoms with Gasteiger partial charge in [-0.1, -0.05) is 18.2 Å². The molecule has 3 rings (SSSR count). The van der Waals surface area contributed by atoms with Gasteiger partial charge in [0.15, 0.2) is 5.96 Å². The lowest BCUT2D eigenvalue weighted by atomic mass is 10.1. The summed E-state index contributed by atoms with van der Waals surface area (Å²) < 4.78 is 18.6. The quantitative estimate of drug-likeness (QED) is 0.284. The van der Waals surface area contributed by atoms with Crippen LogP contribution in [0.2, 0.25) is 0 Å². The molecule has 1 heterocycles. The molecule has 0 saturated heterocycles. The highest BCUT2D eigenvalue weighted by molar-refractivity contribution is 14.0. The number of methoxy groups -OCH3 is 1. The molecular formula is C20H24FIN4O. The van der Waals surface area contributed by atoms with E-state index in [4.69, 9.17) is 4.74 Å². The first-order valence-corrected chi connectivity index (χ1v) is 8.53. The van der Waals surface area contributed by atoms with Gasteiger partial charge in [0.2, 0.25) is 0 Å². The minimum atomic E-state index is -0.232. The van der Waals surface area contributed by atoms with Crippen LogP contribution in [0.25, 0.3) is 10.9 Å². The average Bonchev–Trinajstić information content (AvgIpc) is 3.06. The van der Waals surface area contributed by atoms with Crippen molar-refractivity contribution in [3.63, 3.8) is 0 Å². The number of hydrogen-bond donors (Lipinski definition) is 3. The molecule has 0 fully saturated rings. The molecule has 0 radical (unpaired) electrons. The highest BCUT2D eigenvalue weighted by atomic mass is 127. The second-order valence-electron chi connectivity index (χ2n) is 5.92. The standard InChI is InChI=1S/C20H23FN4O.HI/c1-22-20(25-13-15-5-3-4-6-19(15)26-2)23-10-9-14-12-24-18-11-16(21)7-8-17(14)18;/h3-8,11-12,24H,9-10,13H2,1-2H3,(H2,22,23,25);1H. The molecule has 0 saturated carbocycles. The smallest absolute Gasteiger partial charge is 0.191 e. The number of ether oxygens (including phenoxy) is 1. The number of halogens is 2. The minimum Gasteiger partial charge on any atom is -0.496 e. The molecule has 144 valence electrons. The number of benzene rings is 2. The van der Waals surface area contributed by atoms with Crippen molar-refractivity contribution in [1.82, 2.24) is 15.6 Å². The van der Waals surface area contributed by atoms with Crippen LogP contribution in [0.15, 0.2) is 53.7 Å². The first kappa shape index (κ1) is 21.0. The van der Waals surface area contributed by atoms with Crippen molar-refractivity contribution in [2.45, 2.75) is 13.0 Å². The molecule has 5 nitrogen and oxygen atoms in total. The molecule has 3 aromatic rings. The van der Waals surface area contributed by atoms with Gasteiger partial charge in [-0.05, 0) is 36.2 Å². The summed E-state index contributed by atoms with van der Waals surface area (Å²) in [4.78, 5) is 7.36. The van der Waals surface area contributed by atoms with Crippen LogP contribution in [0.4, 0.5) is 4.39 Å². The number of H-pyrrole nitrogens is 1. The van der Waals surface area contributed by atoms with E-state index in [2.05, 4.69) is 20.6 Å². The first-order chi connectivity index (χ1) is 12.7. The summed E-state index contributed by atoms with van der Waals surface area (Å²) in [5.74, 6) is 1.34. The molecule has 2 aromatic carbocycles. The van der Waals surface area contributed by atoms with Crippen LogP contribution in [-0.2, 0) is 13.0 Å². The summed E-state index contributed by atoms with van der Waals surface area (Å²) in [6, 6.07) is 12.7. The fourth-order valence-corrected chi connectivity index (χ4v) is 2.93. The first-order valence-electron chi connectivity index (χ1n) is 8.53. The van der Waals surface area contributed by atoms with Crippen molar-refractivity contribution in [3.8, 4) is 5.75 Å². The van der Waals surface area contributed by atoms with E-state index in [1.165, 1.54) is 12.1 Å². The fraction of sp³-hybridized carbons (Fsp3) is 0.250. The zero-order valence-electron chi connectivity index (χ0n) is 15.4. The van der Waals surface area contributed by atoms with Crippen molar-refractivity contribution in [3.05, 3.63) is 65.6 Å². The minimum absolute atomic E-state index is 0. The lowest BCUT2D eigenvalue weighted by Gasteiger charge is -2.13. The number of rotatable bonds is 6. The molecule has 7 heteroatoms. The molecule has 0 bridgehead atoms. The fourth-order valence-electron chi connectivity index (χ4n) is 2.93. The maximum Gasteiger partial charge on any atom is 0.191 e. The topological polar surface area (TPSA) is 61.4 Å². The van der Waals surface area contributed by atoms with Crippen molar-refractivity contribution >= 4 is 40.8 Å². The molecule has 0 unspecified atom stereocenters. The van der Waals surface area contributed by atoms with E-state index < -0.39 is 0 Å². The predicted octanol–water partition coefficient (Wildman–Crippen LogP) is 3.84. The van der Waals surface area contributed by atoms with E-state index in [-0.39, 0.29) is 29.8 Å². The van der Waals surface area contributed by atoms with E-state index in [1.807, 2.05) is 36.5 Å². The molecule has 0 aliphatic heterocycles. The Morgan fingerprint density at radius 3 is 2.74 bits per heavy atom. The number of nitrogens with zero attached hydrogens (tertiary/aromatic N) is 1. The van der Waals surface area contributed by atoms with E-state index >= 15 is 0 Å². The maximum atomic E-state index is 13.3. The molecule has 1 aromatic heterocycles. The van der Waals surface area contributed by atoms with Gasteiger partial charge >= 0.3 is 0 Å². The van der Waals surface area contributed by atoms with Crippen molar-refractivity contribution in [1.29, 1.82) is 0 Å². The van der Waals surface area contributed by atoms with Crippen LogP contribution in [-0.4, -0.2) is 31.6 Å². The summed E-state index contributed by atoms with van der Waals surface area (Å²) in [6.45, 7) is 1.34. The Balaban J connectivity index is 0.00000261. The summed E-state index contributed by atoms with van der Waals surface area (Å²) in [5, 5.41) is 7.63. The molecule has 27 heavy (non-hydrogen) atoms. The SMILES string of the molecule is CN=C(NCCc1c[nH]c2cc(F)ccc12)NCc1ccccc1OC.I. The molecule has 0 aliphatic rings. The van der Waals surface area contributed by atoms with Crippen LogP contribution in [0.3, 0.4) is 0 Å². The Labute approximate surface area is 175 Å². The normalized spacial score (nSPS) is 11.1. The van der Waals surface area contributed by atoms with Gasteiger partial charge < -0.3 is 20.4 Å². The summed E-state index contributed by atoms with van der Waals surface area (Å²) in [7, 11) is 3.41. The predicted molar refractivity (Wildman–Crippen MR) is 119 cm³/mol. The zero-order valence-corrected chi connectivity index (χ0v) is 17.7. The molecule has 0 atom stereocenters. The molecule has 0 amide bonds. The van der Waals surface area contributed by atoms with Crippen LogP contribution in [0.1, 0.15) is 11.1 Å². The molecular weight excluding hydrogens is 458 g/mol. The summed E-state index contributed by atoms with van der Waals surface area (Å²) in [6.07, 6.45) is 2.73. The Morgan fingerprint density at radius 2 is 1.96 bits per heavy atom. The number of aliphatic imine (C=N–C) groups is 1. The Bertz CT molecular complexity index is 910. The molecule has 3 N–H and O–H groups in total. The van der Waals surface area contributed by atoms with E-state index in [1.54, 1.807) is 14.2 Å². The highest BCUT2D eigenvalue weighted by Crippen LogP contribution is 2.19. The van der Waals surface area contributed by atoms with Crippen molar-refractivity contribution < 1.29 is 9.13 Å². The van der Waals surface area contributed by atoms with Crippen molar-refractivity contribution in [2.24, 2.45) is 4.99 Å². The number of nitrogens with one attached hydrogen (secondary N) is 3. The van der Waals surface area contributed by atoms with E-state index in [9.17, 15) is 4.39 Å². The van der Waals surface area contributed by atoms with Crippen LogP contribution >= 0.6 is 24.0 Å². The van der Waals surface area contributed by atoms with Crippen LogP contribution in [0, 0.1) is 5.82 Å². The molecule has 0 aliphatic carbocycles. The van der Waals surface area contributed by atoms with Gasteiger partial charge in [-0.15, -0.1) is 24.0 Å². The van der Waals surface area contributed by atoms with Gasteiger partial charge in [-0.25, -0.2) is 4.39 Å². The Kier molecular flexibility index (Phi) is 7.90.